The van der Waals surface area contributed by atoms with Gasteiger partial charge in [-0.15, -0.1) is 0 Å². The molecular formula is C30H36N6O7. The summed E-state index contributed by atoms with van der Waals surface area (Å²) in [4.78, 5) is 37.2. The van der Waals surface area contributed by atoms with Gasteiger partial charge in [0, 0.05) is 13.0 Å². The number of aliphatic hydroxyl groups is 2. The van der Waals surface area contributed by atoms with Crippen molar-refractivity contribution in [2.75, 3.05) is 18.9 Å². The van der Waals surface area contributed by atoms with E-state index in [1.807, 2.05) is 30.3 Å². The molecule has 0 bridgehead atoms. The van der Waals surface area contributed by atoms with Gasteiger partial charge >= 0.3 is 6.16 Å². The van der Waals surface area contributed by atoms with Crippen LogP contribution >= 0.6 is 0 Å². The van der Waals surface area contributed by atoms with Gasteiger partial charge in [-0.1, -0.05) is 36.3 Å². The van der Waals surface area contributed by atoms with Gasteiger partial charge in [0.05, 0.1) is 12.9 Å². The molecular weight excluding hydrogens is 556 g/mol. The summed E-state index contributed by atoms with van der Waals surface area (Å²) in [6.45, 7) is 2.63. The summed E-state index contributed by atoms with van der Waals surface area (Å²) in [5.41, 5.74) is 7.59. The van der Waals surface area contributed by atoms with Crippen LogP contribution in [0, 0.1) is 23.7 Å². The number of aromatic nitrogens is 4. The highest BCUT2D eigenvalue weighted by Crippen LogP contribution is 2.33. The molecule has 2 aromatic heterocycles. The highest BCUT2D eigenvalue weighted by molar-refractivity contribution is 5.83. The van der Waals surface area contributed by atoms with E-state index in [2.05, 4.69) is 32.1 Å². The van der Waals surface area contributed by atoms with Crippen molar-refractivity contribution >= 4 is 29.0 Å². The molecule has 1 aromatic carbocycles. The molecule has 5 rings (SSSR count). The zero-order valence-corrected chi connectivity index (χ0v) is 23.9. The van der Waals surface area contributed by atoms with Crippen molar-refractivity contribution in [2.24, 2.45) is 11.8 Å². The normalized spacial score (nSPS) is 25.1. The zero-order valence-electron chi connectivity index (χ0n) is 23.9. The Morgan fingerprint density at radius 2 is 1.84 bits per heavy atom. The molecule has 1 saturated heterocycles. The summed E-state index contributed by atoms with van der Waals surface area (Å²) in [5, 5.41) is 23.6. The summed E-state index contributed by atoms with van der Waals surface area (Å²) in [7, 11) is 0. The standard InChI is InChI=1S/C30H36N6O7/c1-2-32-28(39)25-23(37)24(38)29(43-25)36-17-33-22-26(31)34-21(35-27(22)36)10-6-9-18-11-13-20(14-12-18)16-42-30(40)41-15-19-7-4-3-5-8-19/h3-5,7-8,17-18,20,23-25,29,37-38H,2,9,11-16H2,1H3,(H,32,39)(H2,31,34,35)/t18-,20-,23?,24-,25-,29+/m0/s1. The number of fused-ring (bicyclic) bond motifs is 1. The highest BCUT2D eigenvalue weighted by Gasteiger charge is 2.47. The van der Waals surface area contributed by atoms with Crippen LogP contribution in [-0.4, -0.2) is 73.3 Å². The molecule has 4 atom stereocenters. The molecule has 0 radical (unpaired) electrons. The molecule has 1 unspecified atom stereocenters. The molecule has 0 spiro atoms. The molecule has 13 heteroatoms. The van der Waals surface area contributed by atoms with Gasteiger partial charge in [0.25, 0.3) is 5.91 Å². The summed E-state index contributed by atoms with van der Waals surface area (Å²) < 4.78 is 17.6. The Balaban J connectivity index is 1.13. The van der Waals surface area contributed by atoms with Gasteiger partial charge in [0.15, 0.2) is 23.8 Å². The number of rotatable bonds is 8. The van der Waals surface area contributed by atoms with E-state index in [1.165, 1.54) is 10.9 Å². The molecule has 13 nitrogen and oxygen atoms in total. The van der Waals surface area contributed by atoms with E-state index in [9.17, 15) is 19.8 Å². The van der Waals surface area contributed by atoms with Crippen molar-refractivity contribution in [2.45, 2.75) is 70.2 Å². The average molecular weight is 593 g/mol. The first-order chi connectivity index (χ1) is 20.8. The summed E-state index contributed by atoms with van der Waals surface area (Å²) in [6.07, 6.45) is -0.0135. The van der Waals surface area contributed by atoms with Gasteiger partial charge in [-0.05, 0) is 55.9 Å². The van der Waals surface area contributed by atoms with Crippen LogP contribution in [0.5, 0.6) is 0 Å². The fourth-order valence-electron chi connectivity index (χ4n) is 5.38. The molecule has 228 valence electrons. The number of imidazole rings is 1. The second-order valence-electron chi connectivity index (χ2n) is 10.8. The van der Waals surface area contributed by atoms with E-state index in [-0.39, 0.29) is 23.9 Å². The van der Waals surface area contributed by atoms with Gasteiger partial charge in [-0.3, -0.25) is 9.36 Å². The van der Waals surface area contributed by atoms with Crippen LogP contribution in [0.1, 0.15) is 56.6 Å². The van der Waals surface area contributed by atoms with Crippen LogP contribution in [0.3, 0.4) is 0 Å². The molecule has 5 N–H and O–H groups in total. The fourth-order valence-corrected chi connectivity index (χ4v) is 5.38. The van der Waals surface area contributed by atoms with E-state index < -0.39 is 36.6 Å². The summed E-state index contributed by atoms with van der Waals surface area (Å²) in [5.74, 6) is 6.60. The Morgan fingerprint density at radius 3 is 2.58 bits per heavy atom. The minimum absolute atomic E-state index is 0.115. The third-order valence-corrected chi connectivity index (χ3v) is 7.76. The number of anilines is 1. The lowest BCUT2D eigenvalue weighted by Crippen LogP contribution is -2.42. The fraction of sp³-hybridized carbons (Fsp3) is 0.500. The lowest BCUT2D eigenvalue weighted by Gasteiger charge is -2.26. The first-order valence-electron chi connectivity index (χ1n) is 14.5. The molecule has 43 heavy (non-hydrogen) atoms. The molecule has 3 aromatic rings. The predicted octanol–water partition coefficient (Wildman–Crippen LogP) is 2.07. The Hall–Kier alpha value is -4.25. The van der Waals surface area contributed by atoms with Crippen molar-refractivity contribution < 1.29 is 34.0 Å². The second kappa shape index (κ2) is 13.8. The number of nitrogens with one attached hydrogen (secondary N) is 1. The van der Waals surface area contributed by atoms with Gasteiger partial charge in [0.1, 0.15) is 24.3 Å². The SMILES string of the molecule is CCNC(=O)[C@H]1O[C@@H](n2cnc3c(N)nc(C#CC[C@H]4CC[C@H](COC(=O)OCc5ccccc5)CC4)nc32)[C@@H](O)C1O. The number of amides is 1. The highest BCUT2D eigenvalue weighted by atomic mass is 16.7. The van der Waals surface area contributed by atoms with Gasteiger partial charge in [-0.2, -0.15) is 0 Å². The number of hydrogen-bond donors (Lipinski definition) is 4. The third-order valence-electron chi connectivity index (χ3n) is 7.76. The third kappa shape index (κ3) is 7.22. The number of likely N-dealkylation sites (N-methyl/N-ethyl adjacent to an activating group) is 1. The minimum atomic E-state index is -1.43. The van der Waals surface area contributed by atoms with Crippen molar-refractivity contribution in [1.29, 1.82) is 0 Å². The lowest BCUT2D eigenvalue weighted by molar-refractivity contribution is -0.137. The maximum Gasteiger partial charge on any atom is 0.508 e. The van der Waals surface area contributed by atoms with E-state index >= 15 is 0 Å². The molecule has 1 aliphatic heterocycles. The van der Waals surface area contributed by atoms with E-state index in [4.69, 9.17) is 19.9 Å². The van der Waals surface area contributed by atoms with E-state index in [0.717, 1.165) is 31.2 Å². The number of nitrogens with zero attached hydrogens (tertiary/aromatic N) is 4. The lowest BCUT2D eigenvalue weighted by atomic mass is 9.81. The number of ether oxygens (including phenoxy) is 3. The molecule has 1 amide bonds. The van der Waals surface area contributed by atoms with Crippen LogP contribution in [0.15, 0.2) is 36.7 Å². The van der Waals surface area contributed by atoms with Crippen molar-refractivity contribution in [3.8, 4) is 11.8 Å². The Kier molecular flexibility index (Phi) is 9.71. The van der Waals surface area contributed by atoms with Crippen molar-refractivity contribution in [3.63, 3.8) is 0 Å². The maximum absolute atomic E-state index is 12.3. The topological polar surface area (TPSA) is 184 Å². The number of carbonyl (C=O) groups is 2. The van der Waals surface area contributed by atoms with Crippen molar-refractivity contribution in [1.82, 2.24) is 24.8 Å². The van der Waals surface area contributed by atoms with Gasteiger partial charge in [-0.25, -0.2) is 19.7 Å². The smallest absolute Gasteiger partial charge is 0.434 e. The predicted molar refractivity (Wildman–Crippen MR) is 154 cm³/mol. The number of hydrogen-bond acceptors (Lipinski definition) is 11. The van der Waals surface area contributed by atoms with Crippen molar-refractivity contribution in [3.05, 3.63) is 48.0 Å². The molecule has 2 fully saturated rings. The van der Waals surface area contributed by atoms with E-state index in [0.29, 0.717) is 36.9 Å². The van der Waals surface area contributed by atoms with Crippen LogP contribution < -0.4 is 11.1 Å². The first kappa shape index (κ1) is 30.2. The van der Waals surface area contributed by atoms with Crippen LogP contribution in [0.25, 0.3) is 11.2 Å². The average Bonchev–Trinajstić information content (AvgIpc) is 3.57. The van der Waals surface area contributed by atoms with Crippen LogP contribution in [-0.2, 0) is 25.6 Å². The quantitative estimate of drug-likeness (QED) is 0.222. The molecule has 2 aliphatic rings. The van der Waals surface area contributed by atoms with E-state index in [1.54, 1.807) is 6.92 Å². The number of carbonyl (C=O) groups excluding carboxylic acids is 2. The Morgan fingerprint density at radius 1 is 1.09 bits per heavy atom. The number of nitrogens with two attached hydrogens (primary N) is 1. The maximum atomic E-state index is 12.3. The Labute approximate surface area is 248 Å². The monoisotopic (exact) mass is 592 g/mol. The largest absolute Gasteiger partial charge is 0.508 e. The summed E-state index contributed by atoms with van der Waals surface area (Å²) >= 11 is 0. The molecule has 3 heterocycles. The van der Waals surface area contributed by atoms with Crippen LogP contribution in [0.2, 0.25) is 0 Å². The first-order valence-corrected chi connectivity index (χ1v) is 14.5. The Bertz CT molecular complexity index is 1480. The van der Waals surface area contributed by atoms with Gasteiger partial charge < -0.3 is 35.5 Å². The number of nitrogen functional groups attached to an aromatic ring is 1. The molecule has 1 aliphatic carbocycles. The van der Waals surface area contributed by atoms with Gasteiger partial charge in [0.2, 0.25) is 5.82 Å². The van der Waals surface area contributed by atoms with Crippen LogP contribution in [0.4, 0.5) is 10.6 Å². The number of aliphatic hydroxyl groups excluding tert-OH is 2. The minimum Gasteiger partial charge on any atom is -0.434 e. The zero-order chi connectivity index (χ0) is 30.3. The summed E-state index contributed by atoms with van der Waals surface area (Å²) in [6, 6.07) is 9.46. The second-order valence-corrected chi connectivity index (χ2v) is 10.8. The molecule has 1 saturated carbocycles. The number of benzene rings is 1.